The molecule has 1 nitrogen and oxygen atoms in total. The molecule has 0 spiro atoms. The minimum atomic E-state index is -0.418. The molecule has 1 aromatic carbocycles. The van der Waals surface area contributed by atoms with E-state index in [1.54, 1.807) is 12.1 Å². The minimum absolute atomic E-state index is 0.313. The van der Waals surface area contributed by atoms with Crippen molar-refractivity contribution < 1.29 is 4.39 Å². The lowest BCUT2D eigenvalue weighted by Crippen LogP contribution is -1.87. The van der Waals surface area contributed by atoms with E-state index in [0.717, 1.165) is 6.20 Å². The molecule has 0 saturated heterocycles. The molecule has 0 fully saturated rings. The fourth-order valence-corrected chi connectivity index (χ4v) is 2.01. The van der Waals surface area contributed by atoms with E-state index in [4.69, 9.17) is 34.8 Å². The fourth-order valence-electron chi connectivity index (χ4n) is 1.29. The fraction of sp³-hybridized carbons (Fsp3) is 0. The molecule has 0 aliphatic heterocycles. The Balaban J connectivity index is 2.63. The zero-order valence-corrected chi connectivity index (χ0v) is 10.1. The molecule has 2 aromatic rings. The van der Waals surface area contributed by atoms with Gasteiger partial charge in [-0.1, -0.05) is 34.8 Å². The summed E-state index contributed by atoms with van der Waals surface area (Å²) in [7, 11) is 0. The van der Waals surface area contributed by atoms with E-state index < -0.39 is 5.82 Å². The van der Waals surface area contributed by atoms with Gasteiger partial charge in [0, 0.05) is 5.56 Å². The van der Waals surface area contributed by atoms with Crippen LogP contribution in [0.2, 0.25) is 15.1 Å². The topological polar surface area (TPSA) is 12.9 Å². The summed E-state index contributed by atoms with van der Waals surface area (Å²) in [5, 5.41) is 1.12. The summed E-state index contributed by atoms with van der Waals surface area (Å²) < 4.78 is 12.7. The van der Waals surface area contributed by atoms with Crippen LogP contribution in [0.5, 0.6) is 0 Å². The molecule has 0 unspecified atom stereocenters. The third-order valence-electron chi connectivity index (χ3n) is 2.03. The van der Waals surface area contributed by atoms with Gasteiger partial charge in [0.15, 0.2) is 0 Å². The molecule has 0 N–H and O–H groups in total. The smallest absolute Gasteiger partial charge is 0.141 e. The van der Waals surface area contributed by atoms with Gasteiger partial charge in [-0.2, -0.15) is 0 Å². The second-order valence-electron chi connectivity index (χ2n) is 3.08. The maximum atomic E-state index is 12.7. The van der Waals surface area contributed by atoms with E-state index in [9.17, 15) is 4.39 Å². The zero-order chi connectivity index (χ0) is 11.7. The van der Waals surface area contributed by atoms with Crippen molar-refractivity contribution in [3.63, 3.8) is 0 Å². The molecule has 0 bridgehead atoms. The van der Waals surface area contributed by atoms with E-state index in [2.05, 4.69) is 4.98 Å². The van der Waals surface area contributed by atoms with Crippen LogP contribution in [-0.4, -0.2) is 4.98 Å². The monoisotopic (exact) mass is 275 g/mol. The molecule has 5 heteroatoms. The Bertz CT molecular complexity index is 525. The highest BCUT2D eigenvalue weighted by Crippen LogP contribution is 2.37. The van der Waals surface area contributed by atoms with E-state index in [-0.39, 0.29) is 0 Å². The summed E-state index contributed by atoms with van der Waals surface area (Å²) in [4.78, 5) is 3.91. The largest absolute Gasteiger partial charge is 0.253 e. The summed E-state index contributed by atoms with van der Waals surface area (Å²) in [5.41, 5.74) is 0.995. The number of benzene rings is 1. The van der Waals surface area contributed by atoms with Crippen LogP contribution in [0.25, 0.3) is 11.3 Å². The van der Waals surface area contributed by atoms with Crippen LogP contribution >= 0.6 is 34.8 Å². The molecule has 0 radical (unpaired) electrons. The number of hydrogen-bond acceptors (Lipinski definition) is 1. The zero-order valence-electron chi connectivity index (χ0n) is 7.85. The molecule has 0 aliphatic carbocycles. The first-order valence-corrected chi connectivity index (χ1v) is 5.48. The van der Waals surface area contributed by atoms with Gasteiger partial charge in [0.2, 0.25) is 0 Å². The maximum Gasteiger partial charge on any atom is 0.141 e. The van der Waals surface area contributed by atoms with Gasteiger partial charge in [0.25, 0.3) is 0 Å². The summed E-state index contributed by atoms with van der Waals surface area (Å²) in [6.07, 6.45) is 1.10. The first-order chi connectivity index (χ1) is 7.59. The van der Waals surface area contributed by atoms with Crippen LogP contribution in [0.1, 0.15) is 0 Å². The van der Waals surface area contributed by atoms with Crippen molar-refractivity contribution in [2.45, 2.75) is 0 Å². The average molecular weight is 277 g/mol. The number of nitrogens with zero attached hydrogens (tertiary/aromatic N) is 1. The first kappa shape index (κ1) is 11.6. The highest BCUT2D eigenvalue weighted by Gasteiger charge is 2.12. The lowest BCUT2D eigenvalue weighted by atomic mass is 10.1. The Hall–Kier alpha value is -0.830. The van der Waals surface area contributed by atoms with E-state index in [1.165, 1.54) is 12.1 Å². The van der Waals surface area contributed by atoms with Gasteiger partial charge in [0.1, 0.15) is 5.82 Å². The number of rotatable bonds is 1. The van der Waals surface area contributed by atoms with Gasteiger partial charge in [-0.3, -0.25) is 4.98 Å². The van der Waals surface area contributed by atoms with Gasteiger partial charge in [0.05, 0.1) is 27.0 Å². The predicted molar refractivity (Wildman–Crippen MR) is 64.7 cm³/mol. The molecule has 1 aromatic heterocycles. The normalized spacial score (nSPS) is 10.5. The first-order valence-electron chi connectivity index (χ1n) is 4.35. The van der Waals surface area contributed by atoms with Gasteiger partial charge in [-0.05, 0) is 24.3 Å². The van der Waals surface area contributed by atoms with Crippen molar-refractivity contribution in [1.82, 2.24) is 4.98 Å². The summed E-state index contributed by atoms with van der Waals surface area (Å²) in [6, 6.07) is 6.00. The number of pyridine rings is 1. The minimum Gasteiger partial charge on any atom is -0.253 e. The Morgan fingerprint density at radius 3 is 2.25 bits per heavy atom. The second kappa shape index (κ2) is 4.58. The van der Waals surface area contributed by atoms with Crippen molar-refractivity contribution in [2.75, 3.05) is 0 Å². The Kier molecular flexibility index (Phi) is 3.33. The average Bonchev–Trinajstić information content (AvgIpc) is 2.27. The van der Waals surface area contributed by atoms with Crippen molar-refractivity contribution in [3.05, 3.63) is 51.3 Å². The van der Waals surface area contributed by atoms with Gasteiger partial charge in [-0.15, -0.1) is 0 Å². The van der Waals surface area contributed by atoms with E-state index in [0.29, 0.717) is 26.3 Å². The molecule has 0 atom stereocenters. The standard InChI is InChI=1S/C11H5Cl3FN/c12-7-2-3-8(13)11(14)10(7)9-4-1-6(15)5-16-9/h1-5H. The van der Waals surface area contributed by atoms with Crippen LogP contribution < -0.4 is 0 Å². The molecule has 2 rings (SSSR count). The highest BCUT2D eigenvalue weighted by atomic mass is 35.5. The van der Waals surface area contributed by atoms with Crippen LogP contribution in [0.3, 0.4) is 0 Å². The molecular weight excluding hydrogens is 271 g/mol. The van der Waals surface area contributed by atoms with Gasteiger partial charge in [-0.25, -0.2) is 4.39 Å². The predicted octanol–water partition coefficient (Wildman–Crippen LogP) is 4.85. The number of aromatic nitrogens is 1. The third-order valence-corrected chi connectivity index (χ3v) is 3.15. The van der Waals surface area contributed by atoms with Crippen molar-refractivity contribution >= 4 is 34.8 Å². The molecule has 1 heterocycles. The molecule has 0 aliphatic rings. The Morgan fingerprint density at radius 1 is 0.938 bits per heavy atom. The van der Waals surface area contributed by atoms with E-state index >= 15 is 0 Å². The Labute approximate surface area is 107 Å². The van der Waals surface area contributed by atoms with Crippen LogP contribution in [0.15, 0.2) is 30.5 Å². The molecule has 82 valence electrons. The lowest BCUT2D eigenvalue weighted by molar-refractivity contribution is 0.622. The highest BCUT2D eigenvalue weighted by molar-refractivity contribution is 6.46. The van der Waals surface area contributed by atoms with Gasteiger partial charge >= 0.3 is 0 Å². The van der Waals surface area contributed by atoms with Crippen LogP contribution in [-0.2, 0) is 0 Å². The Morgan fingerprint density at radius 2 is 1.62 bits per heavy atom. The van der Waals surface area contributed by atoms with Crippen LogP contribution in [0.4, 0.5) is 4.39 Å². The third kappa shape index (κ3) is 2.14. The molecule has 0 amide bonds. The lowest BCUT2D eigenvalue weighted by Gasteiger charge is -2.07. The SMILES string of the molecule is Fc1ccc(-c2c(Cl)ccc(Cl)c2Cl)nc1. The van der Waals surface area contributed by atoms with Crippen LogP contribution in [0, 0.1) is 5.82 Å². The number of halogens is 4. The van der Waals surface area contributed by atoms with Crippen molar-refractivity contribution in [3.8, 4) is 11.3 Å². The second-order valence-corrected chi connectivity index (χ2v) is 4.27. The molecule has 0 saturated carbocycles. The number of hydrogen-bond donors (Lipinski definition) is 0. The summed E-state index contributed by atoms with van der Waals surface area (Å²) >= 11 is 17.9. The molecule has 16 heavy (non-hydrogen) atoms. The summed E-state index contributed by atoms with van der Waals surface area (Å²) in [5.74, 6) is -0.418. The van der Waals surface area contributed by atoms with E-state index in [1.807, 2.05) is 0 Å². The quantitative estimate of drug-likeness (QED) is 0.679. The summed E-state index contributed by atoms with van der Waals surface area (Å²) in [6.45, 7) is 0. The maximum absolute atomic E-state index is 12.7. The van der Waals surface area contributed by atoms with Crippen molar-refractivity contribution in [1.29, 1.82) is 0 Å². The molecular formula is C11H5Cl3FN. The van der Waals surface area contributed by atoms with Crippen molar-refractivity contribution in [2.24, 2.45) is 0 Å². The van der Waals surface area contributed by atoms with Gasteiger partial charge < -0.3 is 0 Å².